The lowest BCUT2D eigenvalue weighted by molar-refractivity contribution is 0.112. The van der Waals surface area contributed by atoms with Gasteiger partial charge in [0.25, 0.3) is 0 Å². The van der Waals surface area contributed by atoms with E-state index in [2.05, 4.69) is 24.0 Å². The van der Waals surface area contributed by atoms with Gasteiger partial charge in [-0.1, -0.05) is 19.8 Å². The Labute approximate surface area is 104 Å². The number of aldehydes is 1. The molecule has 17 heavy (non-hydrogen) atoms. The molecule has 0 unspecified atom stereocenters. The third-order valence-electron chi connectivity index (χ3n) is 3.71. The topological polar surface area (TPSA) is 20.3 Å². The van der Waals surface area contributed by atoms with E-state index in [0.29, 0.717) is 0 Å². The molecule has 92 valence electrons. The molecule has 0 amide bonds. The van der Waals surface area contributed by atoms with Crippen LogP contribution in [0.2, 0.25) is 0 Å². The van der Waals surface area contributed by atoms with Crippen LogP contribution in [0.5, 0.6) is 0 Å². The fraction of sp³-hybridized carbons (Fsp3) is 0.533. The van der Waals surface area contributed by atoms with Crippen molar-refractivity contribution in [1.82, 2.24) is 0 Å². The third-order valence-corrected chi connectivity index (χ3v) is 3.71. The zero-order chi connectivity index (χ0) is 12.1. The predicted molar refractivity (Wildman–Crippen MR) is 71.7 cm³/mol. The first-order valence-corrected chi connectivity index (χ1v) is 6.63. The highest BCUT2D eigenvalue weighted by Crippen LogP contribution is 2.25. The summed E-state index contributed by atoms with van der Waals surface area (Å²) in [7, 11) is 0. The van der Waals surface area contributed by atoms with Crippen LogP contribution in [0.25, 0.3) is 0 Å². The number of hydrogen-bond acceptors (Lipinski definition) is 2. The number of anilines is 1. The van der Waals surface area contributed by atoms with Crippen molar-refractivity contribution in [2.45, 2.75) is 32.6 Å². The molecule has 1 aliphatic heterocycles. The number of carbonyl (C=O) groups excluding carboxylic acids is 1. The second kappa shape index (κ2) is 5.85. The number of nitrogens with zero attached hydrogens (tertiary/aromatic N) is 1. The smallest absolute Gasteiger partial charge is 0.150 e. The molecular weight excluding hydrogens is 210 g/mol. The Balaban J connectivity index is 1.93. The Bertz CT molecular complexity index is 350. The van der Waals surface area contributed by atoms with Crippen LogP contribution in [0.1, 0.15) is 43.0 Å². The van der Waals surface area contributed by atoms with Crippen molar-refractivity contribution >= 4 is 12.0 Å². The summed E-state index contributed by atoms with van der Waals surface area (Å²) in [6.07, 6.45) is 6.19. The van der Waals surface area contributed by atoms with E-state index >= 15 is 0 Å². The van der Waals surface area contributed by atoms with E-state index in [1.54, 1.807) is 0 Å². The Morgan fingerprint density at radius 1 is 1.24 bits per heavy atom. The molecule has 2 nitrogen and oxygen atoms in total. The molecule has 0 bridgehead atoms. The summed E-state index contributed by atoms with van der Waals surface area (Å²) in [6, 6.07) is 7.93. The van der Waals surface area contributed by atoms with Crippen LogP contribution in [0.3, 0.4) is 0 Å². The lowest BCUT2D eigenvalue weighted by atomic mass is 9.92. The fourth-order valence-electron chi connectivity index (χ4n) is 2.65. The van der Waals surface area contributed by atoms with Gasteiger partial charge in [0.15, 0.2) is 0 Å². The molecule has 1 saturated heterocycles. The van der Waals surface area contributed by atoms with Crippen molar-refractivity contribution in [3.8, 4) is 0 Å². The van der Waals surface area contributed by atoms with Gasteiger partial charge in [0.05, 0.1) is 0 Å². The fourth-order valence-corrected chi connectivity index (χ4v) is 2.65. The minimum absolute atomic E-state index is 0.759. The zero-order valence-corrected chi connectivity index (χ0v) is 10.6. The van der Waals surface area contributed by atoms with E-state index in [0.717, 1.165) is 30.9 Å². The third kappa shape index (κ3) is 3.09. The summed E-state index contributed by atoms with van der Waals surface area (Å²) < 4.78 is 0. The van der Waals surface area contributed by atoms with Gasteiger partial charge in [0.1, 0.15) is 6.29 Å². The first-order valence-electron chi connectivity index (χ1n) is 6.63. The highest BCUT2D eigenvalue weighted by Gasteiger charge is 2.18. The summed E-state index contributed by atoms with van der Waals surface area (Å²) in [6.45, 7) is 4.58. The molecule has 0 aliphatic carbocycles. The molecule has 1 heterocycles. The van der Waals surface area contributed by atoms with Crippen molar-refractivity contribution in [2.24, 2.45) is 5.92 Å². The van der Waals surface area contributed by atoms with Crippen molar-refractivity contribution in [3.05, 3.63) is 29.8 Å². The Morgan fingerprint density at radius 2 is 1.88 bits per heavy atom. The molecule has 0 atom stereocenters. The standard InChI is InChI=1S/C15H21NO/c1-2-3-13-8-10-16(11-9-13)15-6-4-14(12-17)5-7-15/h4-7,12-13H,2-3,8-11H2,1H3. The molecule has 1 aromatic carbocycles. The molecule has 2 rings (SSSR count). The molecule has 0 radical (unpaired) electrons. The van der Waals surface area contributed by atoms with Crippen LogP contribution in [-0.2, 0) is 0 Å². The minimum atomic E-state index is 0.759. The predicted octanol–water partition coefficient (Wildman–Crippen LogP) is 3.52. The van der Waals surface area contributed by atoms with Crippen molar-refractivity contribution in [2.75, 3.05) is 18.0 Å². The maximum absolute atomic E-state index is 10.6. The van der Waals surface area contributed by atoms with Gasteiger partial charge in [-0.3, -0.25) is 4.79 Å². The highest BCUT2D eigenvalue weighted by atomic mass is 16.1. The molecule has 2 heteroatoms. The number of rotatable bonds is 4. The van der Waals surface area contributed by atoms with Crippen LogP contribution in [0.4, 0.5) is 5.69 Å². The molecule has 0 N–H and O–H groups in total. The van der Waals surface area contributed by atoms with Crippen LogP contribution in [0.15, 0.2) is 24.3 Å². The first kappa shape index (κ1) is 12.2. The normalized spacial score (nSPS) is 17.1. The molecule has 1 aliphatic rings. The van der Waals surface area contributed by atoms with Crippen molar-refractivity contribution < 1.29 is 4.79 Å². The quantitative estimate of drug-likeness (QED) is 0.739. The van der Waals surface area contributed by atoms with Gasteiger partial charge >= 0.3 is 0 Å². The van der Waals surface area contributed by atoms with Gasteiger partial charge in [-0.2, -0.15) is 0 Å². The van der Waals surface area contributed by atoms with Crippen LogP contribution >= 0.6 is 0 Å². The summed E-state index contributed by atoms with van der Waals surface area (Å²) >= 11 is 0. The van der Waals surface area contributed by atoms with E-state index in [4.69, 9.17) is 0 Å². The van der Waals surface area contributed by atoms with Gasteiger partial charge < -0.3 is 4.90 Å². The Morgan fingerprint density at radius 3 is 2.41 bits per heavy atom. The Kier molecular flexibility index (Phi) is 4.18. The van der Waals surface area contributed by atoms with Gasteiger partial charge in [0, 0.05) is 24.3 Å². The molecule has 0 aromatic heterocycles. The summed E-state index contributed by atoms with van der Waals surface area (Å²) in [5, 5.41) is 0. The second-order valence-corrected chi connectivity index (χ2v) is 4.93. The van der Waals surface area contributed by atoms with Crippen molar-refractivity contribution in [1.29, 1.82) is 0 Å². The molecule has 1 fully saturated rings. The summed E-state index contributed by atoms with van der Waals surface area (Å²) in [4.78, 5) is 13.0. The molecular formula is C15H21NO. The monoisotopic (exact) mass is 231 g/mol. The van der Waals surface area contributed by atoms with Gasteiger partial charge in [-0.25, -0.2) is 0 Å². The maximum atomic E-state index is 10.6. The minimum Gasteiger partial charge on any atom is -0.372 e. The van der Waals surface area contributed by atoms with Crippen LogP contribution in [-0.4, -0.2) is 19.4 Å². The van der Waals surface area contributed by atoms with Gasteiger partial charge in [0.2, 0.25) is 0 Å². The number of benzene rings is 1. The largest absolute Gasteiger partial charge is 0.372 e. The highest BCUT2D eigenvalue weighted by molar-refractivity contribution is 5.75. The van der Waals surface area contributed by atoms with E-state index < -0.39 is 0 Å². The Hall–Kier alpha value is -1.31. The second-order valence-electron chi connectivity index (χ2n) is 4.93. The van der Waals surface area contributed by atoms with Gasteiger partial charge in [-0.05, 0) is 43.0 Å². The first-order chi connectivity index (χ1) is 8.33. The lowest BCUT2D eigenvalue weighted by Crippen LogP contribution is -2.33. The average molecular weight is 231 g/mol. The maximum Gasteiger partial charge on any atom is 0.150 e. The lowest BCUT2D eigenvalue weighted by Gasteiger charge is -2.33. The zero-order valence-electron chi connectivity index (χ0n) is 10.6. The summed E-state index contributed by atoms with van der Waals surface area (Å²) in [5.41, 5.74) is 2.01. The SMILES string of the molecule is CCCC1CCN(c2ccc(C=O)cc2)CC1. The average Bonchev–Trinajstić information content (AvgIpc) is 2.40. The number of piperidine rings is 1. The molecule has 0 spiro atoms. The van der Waals surface area contributed by atoms with Gasteiger partial charge in [-0.15, -0.1) is 0 Å². The molecule has 0 saturated carbocycles. The van der Waals surface area contributed by atoms with Crippen LogP contribution < -0.4 is 4.90 Å². The van der Waals surface area contributed by atoms with E-state index in [1.807, 2.05) is 12.1 Å². The van der Waals surface area contributed by atoms with E-state index in [-0.39, 0.29) is 0 Å². The van der Waals surface area contributed by atoms with Crippen molar-refractivity contribution in [3.63, 3.8) is 0 Å². The van der Waals surface area contributed by atoms with E-state index in [1.165, 1.54) is 31.4 Å². The number of carbonyl (C=O) groups is 1. The van der Waals surface area contributed by atoms with E-state index in [9.17, 15) is 4.79 Å². The van der Waals surface area contributed by atoms with Crippen LogP contribution in [0, 0.1) is 5.92 Å². The summed E-state index contributed by atoms with van der Waals surface area (Å²) in [5.74, 6) is 0.922. The number of hydrogen-bond donors (Lipinski definition) is 0. The molecule has 1 aromatic rings.